The molecule has 1 aromatic rings. The first kappa shape index (κ1) is 12.1. The van der Waals surface area contributed by atoms with Crippen LogP contribution in [0.15, 0.2) is 12.3 Å². The maximum Gasteiger partial charge on any atom is 0.225 e. The van der Waals surface area contributed by atoms with Crippen LogP contribution in [0.2, 0.25) is 0 Å². The van der Waals surface area contributed by atoms with Crippen molar-refractivity contribution in [2.24, 2.45) is 5.92 Å². The molecule has 2 unspecified atom stereocenters. The van der Waals surface area contributed by atoms with Crippen LogP contribution in [-0.4, -0.2) is 23.1 Å². The number of hydrogen-bond acceptors (Lipinski definition) is 4. The molecular formula is C13H21N3O. The molecule has 1 aliphatic rings. The van der Waals surface area contributed by atoms with E-state index in [0.717, 1.165) is 18.8 Å². The highest BCUT2D eigenvalue weighted by atomic mass is 16.5. The third-order valence-electron chi connectivity index (χ3n) is 3.45. The fraction of sp³-hybridized carbons (Fsp3) is 0.692. The van der Waals surface area contributed by atoms with Crippen molar-refractivity contribution in [1.82, 2.24) is 9.97 Å². The van der Waals surface area contributed by atoms with Crippen molar-refractivity contribution in [3.63, 3.8) is 0 Å². The minimum Gasteiger partial charge on any atom is -0.474 e. The zero-order valence-electron chi connectivity index (χ0n) is 10.6. The van der Waals surface area contributed by atoms with Crippen LogP contribution in [0, 0.1) is 5.92 Å². The summed E-state index contributed by atoms with van der Waals surface area (Å²) < 4.78 is 5.94. The van der Waals surface area contributed by atoms with Crippen molar-refractivity contribution in [1.29, 1.82) is 0 Å². The third-order valence-corrected chi connectivity index (χ3v) is 3.45. The molecule has 17 heavy (non-hydrogen) atoms. The lowest BCUT2D eigenvalue weighted by Crippen LogP contribution is -2.25. The number of ether oxygens (including phenoxy) is 1. The Balaban J connectivity index is 1.95. The second-order valence-corrected chi connectivity index (χ2v) is 4.65. The van der Waals surface area contributed by atoms with E-state index >= 15 is 0 Å². The van der Waals surface area contributed by atoms with Crippen molar-refractivity contribution in [2.45, 2.75) is 45.1 Å². The van der Waals surface area contributed by atoms with E-state index in [9.17, 15) is 0 Å². The topological polar surface area (TPSA) is 47.0 Å². The Kier molecular flexibility index (Phi) is 4.18. The van der Waals surface area contributed by atoms with Gasteiger partial charge in [0.1, 0.15) is 6.10 Å². The van der Waals surface area contributed by atoms with Crippen LogP contribution >= 0.6 is 0 Å². The molecule has 94 valence electrons. The Morgan fingerprint density at radius 3 is 3.12 bits per heavy atom. The van der Waals surface area contributed by atoms with Crippen LogP contribution in [0.25, 0.3) is 0 Å². The summed E-state index contributed by atoms with van der Waals surface area (Å²) in [5.74, 6) is 2.12. The highest BCUT2D eigenvalue weighted by Gasteiger charge is 2.22. The number of hydrogen-bond donors (Lipinski definition) is 1. The molecule has 4 heteroatoms. The Morgan fingerprint density at radius 1 is 1.47 bits per heavy atom. The smallest absolute Gasteiger partial charge is 0.225 e. The van der Waals surface area contributed by atoms with E-state index in [1.807, 2.05) is 13.1 Å². The summed E-state index contributed by atoms with van der Waals surface area (Å²) in [6.07, 6.45) is 8.24. The van der Waals surface area contributed by atoms with E-state index in [-0.39, 0.29) is 0 Å². The van der Waals surface area contributed by atoms with Gasteiger partial charge in [0.25, 0.3) is 0 Å². The molecule has 0 saturated heterocycles. The van der Waals surface area contributed by atoms with Crippen molar-refractivity contribution >= 4 is 5.95 Å². The van der Waals surface area contributed by atoms with Crippen LogP contribution in [0.3, 0.4) is 0 Å². The number of nitrogens with zero attached hydrogens (tertiary/aromatic N) is 2. The van der Waals surface area contributed by atoms with Gasteiger partial charge in [-0.2, -0.15) is 4.98 Å². The molecule has 0 spiro atoms. The minimum atomic E-state index is 0.327. The quantitative estimate of drug-likeness (QED) is 0.871. The zero-order chi connectivity index (χ0) is 12.1. The zero-order valence-corrected chi connectivity index (χ0v) is 10.6. The number of aromatic nitrogens is 2. The minimum absolute atomic E-state index is 0.327. The van der Waals surface area contributed by atoms with Gasteiger partial charge in [0.2, 0.25) is 11.8 Å². The molecule has 1 aromatic heterocycles. The fourth-order valence-corrected chi connectivity index (χ4v) is 2.42. The Morgan fingerprint density at radius 2 is 2.35 bits per heavy atom. The van der Waals surface area contributed by atoms with Crippen LogP contribution in [0.5, 0.6) is 5.88 Å². The summed E-state index contributed by atoms with van der Waals surface area (Å²) in [7, 11) is 1.81. The molecule has 0 amide bonds. The SMILES string of the molecule is CCC1CCCC(Oc2ccnc(NC)n2)C1. The average Bonchev–Trinajstić information content (AvgIpc) is 2.39. The van der Waals surface area contributed by atoms with E-state index in [1.165, 1.54) is 19.3 Å². The lowest BCUT2D eigenvalue weighted by atomic mass is 9.85. The second-order valence-electron chi connectivity index (χ2n) is 4.65. The number of nitrogens with one attached hydrogen (secondary N) is 1. The van der Waals surface area contributed by atoms with Gasteiger partial charge in [0.15, 0.2) is 0 Å². The molecular weight excluding hydrogens is 214 g/mol. The number of anilines is 1. The standard InChI is InChI=1S/C13H21N3O/c1-3-10-5-4-6-11(9-10)17-12-7-8-15-13(14-2)16-12/h7-8,10-11H,3-6,9H2,1-2H3,(H,14,15,16). The van der Waals surface area contributed by atoms with Gasteiger partial charge in [-0.05, 0) is 25.2 Å². The van der Waals surface area contributed by atoms with Crippen LogP contribution < -0.4 is 10.1 Å². The Hall–Kier alpha value is -1.32. The predicted octanol–water partition coefficient (Wildman–Crippen LogP) is 2.87. The summed E-state index contributed by atoms with van der Waals surface area (Å²) in [6, 6.07) is 1.83. The van der Waals surface area contributed by atoms with Gasteiger partial charge in [-0.1, -0.05) is 19.8 Å². The fourth-order valence-electron chi connectivity index (χ4n) is 2.42. The summed E-state index contributed by atoms with van der Waals surface area (Å²) in [6.45, 7) is 2.26. The molecule has 2 atom stereocenters. The summed E-state index contributed by atoms with van der Waals surface area (Å²) in [5, 5.41) is 2.92. The van der Waals surface area contributed by atoms with Gasteiger partial charge in [0.05, 0.1) is 0 Å². The van der Waals surface area contributed by atoms with E-state index < -0.39 is 0 Å². The van der Waals surface area contributed by atoms with Gasteiger partial charge in [-0.25, -0.2) is 4.98 Å². The molecule has 1 N–H and O–H groups in total. The molecule has 1 fully saturated rings. The normalized spacial score (nSPS) is 24.4. The molecule has 0 aromatic carbocycles. The van der Waals surface area contributed by atoms with Gasteiger partial charge in [-0.3, -0.25) is 0 Å². The molecule has 1 saturated carbocycles. The molecule has 2 rings (SSSR count). The first-order valence-corrected chi connectivity index (χ1v) is 6.49. The highest BCUT2D eigenvalue weighted by molar-refractivity contribution is 5.26. The summed E-state index contributed by atoms with van der Waals surface area (Å²) in [5.41, 5.74) is 0. The van der Waals surface area contributed by atoms with E-state index in [1.54, 1.807) is 6.20 Å². The Labute approximate surface area is 103 Å². The molecule has 0 aliphatic heterocycles. The van der Waals surface area contributed by atoms with Gasteiger partial charge < -0.3 is 10.1 Å². The summed E-state index contributed by atoms with van der Waals surface area (Å²) >= 11 is 0. The number of rotatable bonds is 4. The predicted molar refractivity (Wildman–Crippen MR) is 68.2 cm³/mol. The van der Waals surface area contributed by atoms with Crippen LogP contribution in [0.4, 0.5) is 5.95 Å². The van der Waals surface area contributed by atoms with Crippen molar-refractivity contribution in [2.75, 3.05) is 12.4 Å². The van der Waals surface area contributed by atoms with Crippen molar-refractivity contribution < 1.29 is 4.74 Å². The largest absolute Gasteiger partial charge is 0.474 e. The molecule has 1 aliphatic carbocycles. The molecule has 0 radical (unpaired) electrons. The average molecular weight is 235 g/mol. The molecule has 1 heterocycles. The third kappa shape index (κ3) is 3.32. The van der Waals surface area contributed by atoms with Crippen LogP contribution in [0.1, 0.15) is 39.0 Å². The van der Waals surface area contributed by atoms with Gasteiger partial charge >= 0.3 is 0 Å². The van der Waals surface area contributed by atoms with Crippen molar-refractivity contribution in [3.8, 4) is 5.88 Å². The maximum atomic E-state index is 5.94. The Bertz CT molecular complexity index is 356. The van der Waals surface area contributed by atoms with Gasteiger partial charge in [0, 0.05) is 19.3 Å². The lowest BCUT2D eigenvalue weighted by Gasteiger charge is -2.28. The first-order chi connectivity index (χ1) is 8.31. The van der Waals surface area contributed by atoms with Crippen LogP contribution in [-0.2, 0) is 0 Å². The van der Waals surface area contributed by atoms with E-state index in [0.29, 0.717) is 17.9 Å². The lowest BCUT2D eigenvalue weighted by molar-refractivity contribution is 0.117. The van der Waals surface area contributed by atoms with E-state index in [2.05, 4.69) is 22.2 Å². The maximum absolute atomic E-state index is 5.94. The highest BCUT2D eigenvalue weighted by Crippen LogP contribution is 2.29. The van der Waals surface area contributed by atoms with Crippen molar-refractivity contribution in [3.05, 3.63) is 12.3 Å². The monoisotopic (exact) mass is 235 g/mol. The van der Waals surface area contributed by atoms with E-state index in [4.69, 9.17) is 4.74 Å². The first-order valence-electron chi connectivity index (χ1n) is 6.49. The summed E-state index contributed by atoms with van der Waals surface area (Å²) in [4.78, 5) is 8.37. The molecule has 4 nitrogen and oxygen atoms in total. The second kappa shape index (κ2) is 5.84. The van der Waals surface area contributed by atoms with Gasteiger partial charge in [-0.15, -0.1) is 0 Å². The molecule has 0 bridgehead atoms.